The van der Waals surface area contributed by atoms with Gasteiger partial charge in [0.2, 0.25) is 5.95 Å². The lowest BCUT2D eigenvalue weighted by atomic mass is 9.86. The highest BCUT2D eigenvalue weighted by Crippen LogP contribution is 2.38. The number of benzene rings is 1. The molecule has 40 heavy (non-hydrogen) atoms. The number of sulfone groups is 1. The third-order valence-corrected chi connectivity index (χ3v) is 9.41. The van der Waals surface area contributed by atoms with Crippen LogP contribution in [0.4, 0.5) is 17.5 Å². The van der Waals surface area contributed by atoms with Crippen molar-refractivity contribution in [2.24, 2.45) is 10.7 Å². The zero-order chi connectivity index (χ0) is 29.6. The van der Waals surface area contributed by atoms with E-state index in [0.29, 0.717) is 24.3 Å². The fraction of sp³-hybridized carbons (Fsp3) is 0.536. The van der Waals surface area contributed by atoms with Gasteiger partial charge < -0.3 is 26.0 Å². The molecule has 0 spiro atoms. The van der Waals surface area contributed by atoms with Crippen LogP contribution in [0.2, 0.25) is 5.02 Å². The third-order valence-electron chi connectivity index (χ3n) is 7.06. The van der Waals surface area contributed by atoms with Crippen LogP contribution in [0, 0.1) is 6.92 Å². The molecule has 2 aromatic rings. The minimum absolute atomic E-state index is 0.0708. The number of hydrogen-bond acceptors (Lipinski definition) is 10. The summed E-state index contributed by atoms with van der Waals surface area (Å²) in [5, 5.41) is 5.30. The Kier molecular flexibility index (Phi) is 10.8. The summed E-state index contributed by atoms with van der Waals surface area (Å²) in [6, 6.07) is 4.74. The maximum atomic E-state index is 12.7. The van der Waals surface area contributed by atoms with Crippen molar-refractivity contribution in [3.8, 4) is 5.75 Å². The molecule has 3 rings (SSSR count). The van der Waals surface area contributed by atoms with E-state index >= 15 is 0 Å². The first-order chi connectivity index (χ1) is 18.9. The standard InChI is InChI=1S/C28H42ClN7O3S/c1-8-39-25-14-21(20-9-11-36(12-10-20)17(2)3)19(6)13-23(25)34-28-32-15-22(29)27(35-28)33-24(16-31-7)26(30)40(37,38)18(4)5/h13-18,20H,8-12,30H2,1-7H3,(H2,32,33,34,35). The maximum absolute atomic E-state index is 12.7. The van der Waals surface area contributed by atoms with Crippen LogP contribution in [0.1, 0.15) is 64.5 Å². The van der Waals surface area contributed by atoms with Gasteiger partial charge in [0.05, 0.1) is 29.4 Å². The number of aromatic nitrogens is 2. The smallest absolute Gasteiger partial charge is 0.229 e. The molecule has 1 aliphatic rings. The van der Waals surface area contributed by atoms with E-state index in [9.17, 15) is 8.42 Å². The van der Waals surface area contributed by atoms with Crippen LogP contribution in [-0.4, -0.2) is 67.5 Å². The largest absolute Gasteiger partial charge is 0.492 e. The maximum Gasteiger partial charge on any atom is 0.229 e. The number of ether oxygens (including phenoxy) is 1. The van der Waals surface area contributed by atoms with Gasteiger partial charge in [0.25, 0.3) is 0 Å². The summed E-state index contributed by atoms with van der Waals surface area (Å²) in [5.41, 5.74) is 9.29. The number of allylic oxidation sites excluding steroid dienone is 1. The first-order valence-corrected chi connectivity index (χ1v) is 15.5. The van der Waals surface area contributed by atoms with Crippen LogP contribution in [-0.2, 0) is 9.84 Å². The molecule has 0 bridgehead atoms. The number of aryl methyl sites for hydroxylation is 1. The molecule has 0 radical (unpaired) electrons. The number of likely N-dealkylation sites (tertiary alicyclic amines) is 1. The van der Waals surface area contributed by atoms with Gasteiger partial charge in [-0.1, -0.05) is 11.6 Å². The number of rotatable bonds is 11. The molecule has 1 saturated heterocycles. The molecule has 12 heteroatoms. The normalized spacial score (nSPS) is 16.1. The van der Waals surface area contributed by atoms with Crippen LogP contribution in [0.3, 0.4) is 0 Å². The second-order valence-electron chi connectivity index (χ2n) is 10.4. The average Bonchev–Trinajstić information content (AvgIpc) is 2.91. The van der Waals surface area contributed by atoms with E-state index in [4.69, 9.17) is 22.1 Å². The molecule has 1 aliphatic heterocycles. The van der Waals surface area contributed by atoms with E-state index in [1.807, 2.05) is 6.92 Å². The molecule has 0 saturated carbocycles. The van der Waals surface area contributed by atoms with Gasteiger partial charge in [0.15, 0.2) is 20.7 Å². The topological polar surface area (TPSA) is 135 Å². The molecule has 0 aliphatic carbocycles. The molecule has 0 unspecified atom stereocenters. The second kappa shape index (κ2) is 13.6. The minimum Gasteiger partial charge on any atom is -0.492 e. The fourth-order valence-corrected chi connectivity index (χ4v) is 5.76. The Morgan fingerprint density at radius 2 is 1.95 bits per heavy atom. The predicted octanol–water partition coefficient (Wildman–Crippen LogP) is 5.23. The van der Waals surface area contributed by atoms with Crippen molar-refractivity contribution in [3.05, 3.63) is 45.2 Å². The number of hydrogen-bond donors (Lipinski definition) is 3. The second-order valence-corrected chi connectivity index (χ2v) is 13.3. The van der Waals surface area contributed by atoms with Crippen molar-refractivity contribution in [3.63, 3.8) is 0 Å². The predicted molar refractivity (Wildman–Crippen MR) is 165 cm³/mol. The molecule has 1 aromatic heterocycles. The Hall–Kier alpha value is -2.89. The van der Waals surface area contributed by atoms with Crippen molar-refractivity contribution < 1.29 is 13.2 Å². The Morgan fingerprint density at radius 1 is 1.27 bits per heavy atom. The van der Waals surface area contributed by atoms with Gasteiger partial charge in [0.1, 0.15) is 10.8 Å². The fourth-order valence-electron chi connectivity index (χ4n) is 4.70. The number of nitrogens with two attached hydrogens (primary N) is 1. The molecule has 0 amide bonds. The monoisotopic (exact) mass is 591 g/mol. The zero-order valence-corrected chi connectivity index (χ0v) is 26.0. The van der Waals surface area contributed by atoms with Gasteiger partial charge in [0, 0.05) is 19.3 Å². The van der Waals surface area contributed by atoms with Gasteiger partial charge in [-0.2, -0.15) is 4.98 Å². The molecule has 0 atom stereocenters. The van der Waals surface area contributed by atoms with Gasteiger partial charge >= 0.3 is 0 Å². The molecular formula is C28H42ClN7O3S. The lowest BCUT2D eigenvalue weighted by Crippen LogP contribution is -2.37. The van der Waals surface area contributed by atoms with Crippen LogP contribution in [0.15, 0.2) is 34.0 Å². The number of nitrogens with one attached hydrogen (secondary N) is 2. The van der Waals surface area contributed by atoms with E-state index < -0.39 is 15.1 Å². The highest BCUT2D eigenvalue weighted by Gasteiger charge is 2.25. The van der Waals surface area contributed by atoms with Crippen molar-refractivity contribution in [1.29, 1.82) is 0 Å². The van der Waals surface area contributed by atoms with Crippen LogP contribution in [0.25, 0.3) is 0 Å². The summed E-state index contributed by atoms with van der Waals surface area (Å²) < 4.78 is 31.4. The molecular weight excluding hydrogens is 550 g/mol. The number of aliphatic imine (C=N–C) groups is 1. The van der Waals surface area contributed by atoms with Crippen LogP contribution >= 0.6 is 11.6 Å². The molecule has 4 N–H and O–H groups in total. The summed E-state index contributed by atoms with van der Waals surface area (Å²) in [6.45, 7) is 14.3. The summed E-state index contributed by atoms with van der Waals surface area (Å²) in [7, 11) is -2.23. The van der Waals surface area contributed by atoms with E-state index in [2.05, 4.69) is 63.4 Å². The summed E-state index contributed by atoms with van der Waals surface area (Å²) in [5.74, 6) is 1.62. The molecule has 10 nitrogen and oxygen atoms in total. The average molecular weight is 592 g/mol. The van der Waals surface area contributed by atoms with Gasteiger partial charge in [-0.25, -0.2) is 13.4 Å². The van der Waals surface area contributed by atoms with Gasteiger partial charge in [-0.15, -0.1) is 0 Å². The number of piperidine rings is 1. The Morgan fingerprint density at radius 3 is 2.52 bits per heavy atom. The first-order valence-electron chi connectivity index (χ1n) is 13.6. The number of halogens is 1. The van der Waals surface area contributed by atoms with E-state index in [-0.39, 0.29) is 27.5 Å². The van der Waals surface area contributed by atoms with Crippen LogP contribution < -0.4 is 21.1 Å². The number of nitrogens with zero attached hydrogens (tertiary/aromatic N) is 4. The van der Waals surface area contributed by atoms with E-state index in [1.165, 1.54) is 25.0 Å². The Labute approximate surface area is 243 Å². The Balaban J connectivity index is 1.92. The SMILES string of the molecule is CCOc1cc(C2CCN(C(C)C)CC2)c(C)cc1Nc1ncc(Cl)c(NC(C=NC)=C(N)S(=O)(=O)C(C)C)n1. The van der Waals surface area contributed by atoms with Crippen molar-refractivity contribution in [1.82, 2.24) is 14.9 Å². The summed E-state index contributed by atoms with van der Waals surface area (Å²) in [4.78, 5) is 15.3. The van der Waals surface area contributed by atoms with Gasteiger partial charge in [-0.05, 0) is 96.7 Å². The van der Waals surface area contributed by atoms with Crippen molar-refractivity contribution >= 4 is 45.1 Å². The summed E-state index contributed by atoms with van der Waals surface area (Å²) in [6.07, 6.45) is 4.97. The first kappa shape index (κ1) is 31.6. The van der Waals surface area contributed by atoms with Gasteiger partial charge in [-0.3, -0.25) is 4.99 Å². The van der Waals surface area contributed by atoms with E-state index in [1.54, 1.807) is 13.8 Å². The van der Waals surface area contributed by atoms with Crippen LogP contribution in [0.5, 0.6) is 5.75 Å². The Bertz CT molecular complexity index is 1350. The molecule has 2 heterocycles. The minimum atomic E-state index is -3.75. The molecule has 1 aromatic carbocycles. The number of anilines is 3. The van der Waals surface area contributed by atoms with Crippen molar-refractivity contribution in [2.45, 2.75) is 71.6 Å². The molecule has 220 valence electrons. The van der Waals surface area contributed by atoms with E-state index in [0.717, 1.165) is 37.2 Å². The molecule has 1 fully saturated rings. The van der Waals surface area contributed by atoms with Crippen molar-refractivity contribution in [2.75, 3.05) is 37.4 Å². The highest BCUT2D eigenvalue weighted by atomic mass is 35.5. The highest BCUT2D eigenvalue weighted by molar-refractivity contribution is 7.95. The summed E-state index contributed by atoms with van der Waals surface area (Å²) >= 11 is 6.37. The quantitative estimate of drug-likeness (QED) is 0.300. The lowest BCUT2D eigenvalue weighted by molar-refractivity contribution is 0.171. The lowest BCUT2D eigenvalue weighted by Gasteiger charge is -2.35. The third kappa shape index (κ3) is 7.44. The zero-order valence-electron chi connectivity index (χ0n) is 24.5.